The second-order valence-electron chi connectivity index (χ2n) is 3.73. The van der Waals surface area contributed by atoms with Gasteiger partial charge in [0.05, 0.1) is 0 Å². The average Bonchev–Trinajstić information content (AvgIpc) is 2.27. The number of piperidine rings is 1. The van der Waals surface area contributed by atoms with Crippen LogP contribution < -0.4 is 5.32 Å². The van der Waals surface area contributed by atoms with Gasteiger partial charge in [0.25, 0.3) is 0 Å². The molecule has 2 aliphatic rings. The summed E-state index contributed by atoms with van der Waals surface area (Å²) in [6.07, 6.45) is 1.40. The number of likely N-dealkylation sites (tertiary alicyclic amines) is 1. The van der Waals surface area contributed by atoms with Crippen LogP contribution in [0.2, 0.25) is 0 Å². The van der Waals surface area contributed by atoms with Crippen LogP contribution in [0.1, 0.15) is 6.42 Å². The van der Waals surface area contributed by atoms with E-state index in [1.807, 2.05) is 0 Å². The Morgan fingerprint density at radius 3 is 2.90 bits per heavy atom. The fourth-order valence-corrected chi connectivity index (χ4v) is 2.31. The first kappa shape index (κ1) is 6.62. The van der Waals surface area contributed by atoms with Gasteiger partial charge in [-0.15, -0.1) is 0 Å². The molecule has 0 spiro atoms. The number of nitrogens with zero attached hydrogens (tertiary/aromatic N) is 1. The molecular formula is C8H16N2. The van der Waals surface area contributed by atoms with Crippen LogP contribution >= 0.6 is 0 Å². The van der Waals surface area contributed by atoms with Gasteiger partial charge in [-0.2, -0.15) is 0 Å². The van der Waals surface area contributed by atoms with Gasteiger partial charge in [0, 0.05) is 13.1 Å². The third kappa shape index (κ3) is 1.06. The van der Waals surface area contributed by atoms with Crippen LogP contribution in [0.5, 0.6) is 0 Å². The van der Waals surface area contributed by atoms with Gasteiger partial charge < -0.3 is 10.2 Å². The largest absolute Gasteiger partial charge is 0.316 e. The molecule has 0 aromatic heterocycles. The monoisotopic (exact) mass is 140 g/mol. The summed E-state index contributed by atoms with van der Waals surface area (Å²) in [5.41, 5.74) is 0. The molecule has 2 atom stereocenters. The molecule has 1 N–H and O–H groups in total. The maximum atomic E-state index is 3.45. The zero-order valence-corrected chi connectivity index (χ0v) is 6.64. The molecule has 0 unspecified atom stereocenters. The molecule has 2 nitrogen and oxygen atoms in total. The van der Waals surface area contributed by atoms with E-state index >= 15 is 0 Å². The number of hydrogen-bond acceptors (Lipinski definition) is 2. The van der Waals surface area contributed by atoms with Crippen molar-refractivity contribution in [3.8, 4) is 0 Å². The van der Waals surface area contributed by atoms with Gasteiger partial charge in [0.1, 0.15) is 0 Å². The Kier molecular flexibility index (Phi) is 1.66. The molecule has 2 heteroatoms. The summed E-state index contributed by atoms with van der Waals surface area (Å²) in [7, 11) is 2.23. The van der Waals surface area contributed by atoms with E-state index in [1.165, 1.54) is 32.6 Å². The molecule has 2 fully saturated rings. The van der Waals surface area contributed by atoms with Crippen molar-refractivity contribution in [2.24, 2.45) is 11.8 Å². The fraction of sp³-hybridized carbons (Fsp3) is 1.00. The zero-order chi connectivity index (χ0) is 6.97. The predicted molar refractivity (Wildman–Crippen MR) is 42.0 cm³/mol. The van der Waals surface area contributed by atoms with Gasteiger partial charge >= 0.3 is 0 Å². The second kappa shape index (κ2) is 2.51. The highest BCUT2D eigenvalue weighted by atomic mass is 15.1. The lowest BCUT2D eigenvalue weighted by atomic mass is 9.90. The topological polar surface area (TPSA) is 15.3 Å². The van der Waals surface area contributed by atoms with Gasteiger partial charge in [-0.3, -0.25) is 0 Å². The van der Waals surface area contributed by atoms with Crippen molar-refractivity contribution in [2.45, 2.75) is 6.42 Å². The van der Waals surface area contributed by atoms with Gasteiger partial charge in [0.2, 0.25) is 0 Å². The molecule has 10 heavy (non-hydrogen) atoms. The summed E-state index contributed by atoms with van der Waals surface area (Å²) in [4.78, 5) is 2.46. The van der Waals surface area contributed by atoms with E-state index in [2.05, 4.69) is 17.3 Å². The lowest BCUT2D eigenvalue weighted by Gasteiger charge is -2.24. The Labute approximate surface area is 62.6 Å². The third-order valence-corrected chi connectivity index (χ3v) is 2.86. The van der Waals surface area contributed by atoms with Crippen molar-refractivity contribution in [3.05, 3.63) is 0 Å². The molecule has 0 saturated carbocycles. The van der Waals surface area contributed by atoms with Crippen LogP contribution in [0, 0.1) is 11.8 Å². The molecule has 2 heterocycles. The molecule has 58 valence electrons. The molecule has 2 rings (SSSR count). The molecule has 2 saturated heterocycles. The molecule has 0 aliphatic carbocycles. The third-order valence-electron chi connectivity index (χ3n) is 2.86. The molecule has 0 radical (unpaired) electrons. The quantitative estimate of drug-likeness (QED) is 0.515. The summed E-state index contributed by atoms with van der Waals surface area (Å²) in [6.45, 7) is 5.16. The van der Waals surface area contributed by atoms with Crippen LogP contribution in [-0.2, 0) is 0 Å². The first-order valence-corrected chi connectivity index (χ1v) is 4.25. The summed E-state index contributed by atoms with van der Waals surface area (Å²) in [5, 5.41) is 3.45. The Morgan fingerprint density at radius 1 is 1.30 bits per heavy atom. The molecule has 0 bridgehead atoms. The van der Waals surface area contributed by atoms with Crippen molar-refractivity contribution in [1.82, 2.24) is 10.2 Å². The van der Waals surface area contributed by atoms with E-state index in [1.54, 1.807) is 0 Å². The van der Waals surface area contributed by atoms with Gasteiger partial charge in [-0.25, -0.2) is 0 Å². The van der Waals surface area contributed by atoms with Crippen molar-refractivity contribution < 1.29 is 0 Å². The van der Waals surface area contributed by atoms with Gasteiger partial charge in [-0.05, 0) is 38.4 Å². The lowest BCUT2D eigenvalue weighted by molar-refractivity contribution is 0.318. The summed E-state index contributed by atoms with van der Waals surface area (Å²) >= 11 is 0. The summed E-state index contributed by atoms with van der Waals surface area (Å²) in [5.74, 6) is 1.96. The normalized spacial score (nSPS) is 41.7. The van der Waals surface area contributed by atoms with Crippen LogP contribution in [0.4, 0.5) is 0 Å². The highest BCUT2D eigenvalue weighted by Crippen LogP contribution is 2.26. The van der Waals surface area contributed by atoms with Crippen molar-refractivity contribution in [1.29, 1.82) is 0 Å². The molecular weight excluding hydrogens is 124 g/mol. The first-order chi connectivity index (χ1) is 4.86. The van der Waals surface area contributed by atoms with E-state index in [9.17, 15) is 0 Å². The minimum absolute atomic E-state index is 0.957. The highest BCUT2D eigenvalue weighted by Gasteiger charge is 2.31. The molecule has 0 aromatic rings. The molecule has 0 amide bonds. The standard InChI is InChI=1S/C8H16N2/c1-10-5-7-2-3-9-4-8(7)6-10/h7-9H,2-6H2,1H3/t7-,8-/m0/s1. The van der Waals surface area contributed by atoms with E-state index in [0.717, 1.165) is 11.8 Å². The Bertz CT molecular complexity index is 110. The van der Waals surface area contributed by atoms with Crippen LogP contribution in [0.15, 0.2) is 0 Å². The summed E-state index contributed by atoms with van der Waals surface area (Å²) in [6, 6.07) is 0. The fourth-order valence-electron chi connectivity index (χ4n) is 2.31. The minimum Gasteiger partial charge on any atom is -0.316 e. The van der Waals surface area contributed by atoms with Crippen molar-refractivity contribution >= 4 is 0 Å². The SMILES string of the molecule is CN1C[C@@H]2CCNC[C@H]2C1. The predicted octanol–water partition coefficient (Wildman–Crippen LogP) is 0.158. The number of hydrogen-bond donors (Lipinski definition) is 1. The second-order valence-corrected chi connectivity index (χ2v) is 3.73. The van der Waals surface area contributed by atoms with E-state index in [0.29, 0.717) is 0 Å². The number of rotatable bonds is 0. The van der Waals surface area contributed by atoms with E-state index in [4.69, 9.17) is 0 Å². The van der Waals surface area contributed by atoms with E-state index < -0.39 is 0 Å². The Morgan fingerprint density at radius 2 is 2.10 bits per heavy atom. The van der Waals surface area contributed by atoms with E-state index in [-0.39, 0.29) is 0 Å². The van der Waals surface area contributed by atoms with Gasteiger partial charge in [0.15, 0.2) is 0 Å². The van der Waals surface area contributed by atoms with Crippen molar-refractivity contribution in [2.75, 3.05) is 33.2 Å². The van der Waals surface area contributed by atoms with Gasteiger partial charge in [-0.1, -0.05) is 0 Å². The maximum absolute atomic E-state index is 3.45. The average molecular weight is 140 g/mol. The van der Waals surface area contributed by atoms with Crippen molar-refractivity contribution in [3.63, 3.8) is 0 Å². The van der Waals surface area contributed by atoms with Crippen LogP contribution in [0.3, 0.4) is 0 Å². The molecule has 2 aliphatic heterocycles. The number of fused-ring (bicyclic) bond motifs is 1. The van der Waals surface area contributed by atoms with Crippen LogP contribution in [-0.4, -0.2) is 38.1 Å². The Balaban J connectivity index is 1.97. The Hall–Kier alpha value is -0.0800. The smallest absolute Gasteiger partial charge is 0.00220 e. The summed E-state index contributed by atoms with van der Waals surface area (Å²) < 4.78 is 0. The maximum Gasteiger partial charge on any atom is 0.00220 e. The molecule has 0 aromatic carbocycles. The number of nitrogens with one attached hydrogen (secondary N) is 1. The first-order valence-electron chi connectivity index (χ1n) is 4.25. The minimum atomic E-state index is 0.957. The highest BCUT2D eigenvalue weighted by molar-refractivity contribution is 4.86. The van der Waals surface area contributed by atoms with Crippen LogP contribution in [0.25, 0.3) is 0 Å². The zero-order valence-electron chi connectivity index (χ0n) is 6.64. The lowest BCUT2D eigenvalue weighted by Crippen LogP contribution is -2.35.